The van der Waals surface area contributed by atoms with Crippen LogP contribution in [0.1, 0.15) is 38.6 Å². The van der Waals surface area contributed by atoms with Crippen LogP contribution >= 0.6 is 11.6 Å². The van der Waals surface area contributed by atoms with Gasteiger partial charge in [-0.2, -0.15) is 5.10 Å². The second kappa shape index (κ2) is 6.69. The Balaban J connectivity index is 1.95. The standard InChI is InChI=1S/C16H26ClN3O3/c1-10-14(17)12(19(5)18-10)8-13(21)11-6-7-20(9-11)15(22)23-16(2,3)4/h11,13,21H,6-9H2,1-5H3. The molecule has 7 heteroatoms. The number of aliphatic hydroxyl groups is 1. The minimum Gasteiger partial charge on any atom is -0.444 e. The minimum atomic E-state index is -0.560. The number of carbonyl (C=O) groups is 1. The van der Waals surface area contributed by atoms with Crippen molar-refractivity contribution in [2.24, 2.45) is 13.0 Å². The number of likely N-dealkylation sites (tertiary alicyclic amines) is 1. The number of hydrogen-bond donors (Lipinski definition) is 1. The Morgan fingerprint density at radius 2 is 2.17 bits per heavy atom. The molecule has 23 heavy (non-hydrogen) atoms. The highest BCUT2D eigenvalue weighted by Gasteiger charge is 2.34. The first-order valence-electron chi connectivity index (χ1n) is 7.92. The van der Waals surface area contributed by atoms with Gasteiger partial charge in [0.05, 0.1) is 22.5 Å². The summed E-state index contributed by atoms with van der Waals surface area (Å²) in [4.78, 5) is 13.7. The van der Waals surface area contributed by atoms with Crippen molar-refractivity contribution >= 4 is 17.7 Å². The molecule has 1 N–H and O–H groups in total. The number of aryl methyl sites for hydroxylation is 2. The summed E-state index contributed by atoms with van der Waals surface area (Å²) in [7, 11) is 1.82. The zero-order valence-corrected chi connectivity index (χ0v) is 15.2. The van der Waals surface area contributed by atoms with Crippen LogP contribution in [0.3, 0.4) is 0 Å². The van der Waals surface area contributed by atoms with Gasteiger partial charge in [-0.25, -0.2) is 4.79 Å². The molecule has 1 aliphatic rings. The molecular formula is C16H26ClN3O3. The molecule has 0 spiro atoms. The molecule has 1 saturated heterocycles. The molecule has 1 amide bonds. The number of hydrogen-bond acceptors (Lipinski definition) is 4. The number of aromatic nitrogens is 2. The summed E-state index contributed by atoms with van der Waals surface area (Å²) in [5, 5.41) is 15.4. The van der Waals surface area contributed by atoms with Gasteiger partial charge in [-0.1, -0.05) is 11.6 Å². The van der Waals surface area contributed by atoms with Gasteiger partial charge in [0.1, 0.15) is 5.60 Å². The lowest BCUT2D eigenvalue weighted by molar-refractivity contribution is 0.0268. The summed E-state index contributed by atoms with van der Waals surface area (Å²) >= 11 is 6.24. The third-order valence-corrected chi connectivity index (χ3v) is 4.58. The number of rotatable bonds is 3. The van der Waals surface area contributed by atoms with Gasteiger partial charge in [0, 0.05) is 32.5 Å². The summed E-state index contributed by atoms with van der Waals surface area (Å²) in [6, 6.07) is 0. The van der Waals surface area contributed by atoms with Crippen molar-refractivity contribution in [3.8, 4) is 0 Å². The summed E-state index contributed by atoms with van der Waals surface area (Å²) in [6.07, 6.45) is 0.314. The highest BCUT2D eigenvalue weighted by Crippen LogP contribution is 2.27. The fourth-order valence-corrected chi connectivity index (χ4v) is 3.10. The lowest BCUT2D eigenvalue weighted by Gasteiger charge is -2.25. The highest BCUT2D eigenvalue weighted by atomic mass is 35.5. The van der Waals surface area contributed by atoms with Crippen molar-refractivity contribution in [1.82, 2.24) is 14.7 Å². The molecule has 1 aromatic heterocycles. The van der Waals surface area contributed by atoms with Crippen LogP contribution in [-0.4, -0.2) is 50.7 Å². The number of nitrogens with zero attached hydrogens (tertiary/aromatic N) is 3. The third-order valence-electron chi connectivity index (χ3n) is 4.08. The Kier molecular flexibility index (Phi) is 5.26. The van der Waals surface area contributed by atoms with E-state index in [1.54, 1.807) is 9.58 Å². The quantitative estimate of drug-likeness (QED) is 0.915. The molecule has 2 unspecified atom stereocenters. The summed E-state index contributed by atoms with van der Waals surface area (Å²) in [6.45, 7) is 8.50. The van der Waals surface area contributed by atoms with Gasteiger partial charge < -0.3 is 14.7 Å². The van der Waals surface area contributed by atoms with E-state index in [4.69, 9.17) is 16.3 Å². The largest absolute Gasteiger partial charge is 0.444 e. The van der Waals surface area contributed by atoms with E-state index in [0.29, 0.717) is 24.5 Å². The van der Waals surface area contributed by atoms with Crippen LogP contribution < -0.4 is 0 Å². The fourth-order valence-electron chi connectivity index (χ4n) is 2.86. The zero-order chi connectivity index (χ0) is 17.4. The van der Waals surface area contributed by atoms with Gasteiger partial charge in [-0.3, -0.25) is 4.68 Å². The molecule has 0 bridgehead atoms. The van der Waals surface area contributed by atoms with Crippen molar-refractivity contribution in [2.75, 3.05) is 13.1 Å². The predicted molar refractivity (Wildman–Crippen MR) is 88.6 cm³/mol. The molecule has 0 aromatic carbocycles. The van der Waals surface area contributed by atoms with Crippen molar-refractivity contribution < 1.29 is 14.6 Å². The van der Waals surface area contributed by atoms with Crippen molar-refractivity contribution in [1.29, 1.82) is 0 Å². The zero-order valence-electron chi connectivity index (χ0n) is 14.5. The average Bonchev–Trinajstić information content (AvgIpc) is 2.98. The molecule has 2 rings (SSSR count). The van der Waals surface area contributed by atoms with Crippen molar-refractivity contribution in [2.45, 2.75) is 52.2 Å². The van der Waals surface area contributed by atoms with Crippen LogP contribution in [0.15, 0.2) is 0 Å². The average molecular weight is 344 g/mol. The van der Waals surface area contributed by atoms with E-state index in [2.05, 4.69) is 5.10 Å². The van der Waals surface area contributed by atoms with E-state index >= 15 is 0 Å². The van der Waals surface area contributed by atoms with Gasteiger partial charge in [-0.15, -0.1) is 0 Å². The first-order chi connectivity index (χ1) is 10.6. The summed E-state index contributed by atoms with van der Waals surface area (Å²) in [5.74, 6) is 0.0220. The molecule has 1 aliphatic heterocycles. The first kappa shape index (κ1) is 18.1. The van der Waals surface area contributed by atoms with Crippen molar-refractivity contribution in [3.05, 3.63) is 16.4 Å². The second-order valence-corrected chi connectivity index (χ2v) is 7.59. The van der Waals surface area contributed by atoms with Crippen LogP contribution in [0.25, 0.3) is 0 Å². The highest BCUT2D eigenvalue weighted by molar-refractivity contribution is 6.31. The molecule has 0 aliphatic carbocycles. The van der Waals surface area contributed by atoms with Gasteiger partial charge in [0.2, 0.25) is 0 Å². The number of amides is 1. The minimum absolute atomic E-state index is 0.0220. The van der Waals surface area contributed by atoms with Crippen LogP contribution in [0.5, 0.6) is 0 Å². The van der Waals surface area contributed by atoms with Crippen LogP contribution in [-0.2, 0) is 18.2 Å². The SMILES string of the molecule is Cc1nn(C)c(CC(O)C2CCN(C(=O)OC(C)(C)C)C2)c1Cl. The van der Waals surface area contributed by atoms with Gasteiger partial charge in [-0.05, 0) is 34.1 Å². The molecule has 0 radical (unpaired) electrons. The van der Waals surface area contributed by atoms with E-state index < -0.39 is 11.7 Å². The van der Waals surface area contributed by atoms with Crippen LogP contribution in [0.2, 0.25) is 5.02 Å². The number of aliphatic hydroxyl groups excluding tert-OH is 1. The number of halogens is 1. The van der Waals surface area contributed by atoms with Gasteiger partial charge in [0.25, 0.3) is 0 Å². The number of carbonyl (C=O) groups excluding carboxylic acids is 1. The molecule has 1 aromatic rings. The third kappa shape index (κ3) is 4.38. The van der Waals surface area contributed by atoms with E-state index in [1.807, 2.05) is 34.7 Å². The molecule has 2 heterocycles. The van der Waals surface area contributed by atoms with Gasteiger partial charge in [0.15, 0.2) is 0 Å². The molecule has 6 nitrogen and oxygen atoms in total. The molecular weight excluding hydrogens is 318 g/mol. The maximum atomic E-state index is 12.1. The smallest absolute Gasteiger partial charge is 0.410 e. The Labute approximate surface area is 142 Å². The maximum absolute atomic E-state index is 12.1. The second-order valence-electron chi connectivity index (χ2n) is 7.22. The number of ether oxygens (including phenoxy) is 1. The Hall–Kier alpha value is -1.27. The lowest BCUT2D eigenvalue weighted by atomic mass is 9.97. The predicted octanol–water partition coefficient (Wildman–Crippen LogP) is 2.54. The van der Waals surface area contributed by atoms with Crippen LogP contribution in [0, 0.1) is 12.8 Å². The normalized spacial score (nSPS) is 20.0. The first-order valence-corrected chi connectivity index (χ1v) is 8.30. The molecule has 0 saturated carbocycles. The topological polar surface area (TPSA) is 67.6 Å². The summed E-state index contributed by atoms with van der Waals surface area (Å²) in [5.41, 5.74) is 1.08. The van der Waals surface area contributed by atoms with E-state index in [9.17, 15) is 9.90 Å². The Morgan fingerprint density at radius 1 is 1.52 bits per heavy atom. The molecule has 130 valence electrons. The van der Waals surface area contributed by atoms with Crippen LogP contribution in [0.4, 0.5) is 4.79 Å². The lowest BCUT2D eigenvalue weighted by Crippen LogP contribution is -2.36. The summed E-state index contributed by atoms with van der Waals surface area (Å²) < 4.78 is 7.09. The Morgan fingerprint density at radius 3 is 2.70 bits per heavy atom. The molecule has 1 fully saturated rings. The van der Waals surface area contributed by atoms with Gasteiger partial charge >= 0.3 is 6.09 Å². The fraction of sp³-hybridized carbons (Fsp3) is 0.750. The van der Waals surface area contributed by atoms with E-state index in [-0.39, 0.29) is 12.0 Å². The van der Waals surface area contributed by atoms with E-state index in [1.165, 1.54) is 0 Å². The monoisotopic (exact) mass is 343 g/mol. The maximum Gasteiger partial charge on any atom is 0.410 e. The molecule has 2 atom stereocenters. The van der Waals surface area contributed by atoms with Crippen molar-refractivity contribution in [3.63, 3.8) is 0 Å². The Bertz CT molecular complexity index is 580. The van der Waals surface area contributed by atoms with E-state index in [0.717, 1.165) is 17.8 Å².